The number of hydrogen-bond acceptors (Lipinski definition) is 4. The van der Waals surface area contributed by atoms with Gasteiger partial charge in [0.05, 0.1) is 11.2 Å². The zero-order chi connectivity index (χ0) is 27.2. The highest BCUT2D eigenvalue weighted by Gasteiger charge is 2.14. The van der Waals surface area contributed by atoms with E-state index in [0.717, 1.165) is 46.4 Å². The quantitative estimate of drug-likeness (QED) is 0.383. The molecule has 0 atom stereocenters. The predicted octanol–water partition coefficient (Wildman–Crippen LogP) is 7.51. The largest absolute Gasteiger partial charge is 0.385 e. The van der Waals surface area contributed by atoms with Crippen LogP contribution >= 0.6 is 11.6 Å². The van der Waals surface area contributed by atoms with E-state index in [0.29, 0.717) is 0 Å². The molecule has 2 aromatic rings. The molecule has 4 rings (SSSR count). The van der Waals surface area contributed by atoms with Crippen LogP contribution in [0, 0.1) is 0 Å². The summed E-state index contributed by atoms with van der Waals surface area (Å²) < 4.78 is 0. The Labute approximate surface area is 230 Å². The fraction of sp³-hybridized carbons (Fsp3) is 0.406. The maximum atomic E-state index is 4.81. The van der Waals surface area contributed by atoms with Crippen LogP contribution in [0.3, 0.4) is 0 Å². The van der Waals surface area contributed by atoms with Gasteiger partial charge >= 0.3 is 0 Å². The lowest BCUT2D eigenvalue weighted by Gasteiger charge is -2.35. The molecule has 0 amide bonds. The van der Waals surface area contributed by atoms with E-state index >= 15 is 0 Å². The number of likely N-dealkylation sites (N-methyl/N-ethyl adjacent to an activating group) is 1. The van der Waals surface area contributed by atoms with Crippen LogP contribution < -0.4 is 5.32 Å². The Morgan fingerprint density at radius 1 is 1.14 bits per heavy atom. The Morgan fingerprint density at radius 3 is 2.43 bits per heavy atom. The fourth-order valence-corrected chi connectivity index (χ4v) is 4.35. The van der Waals surface area contributed by atoms with E-state index in [1.54, 1.807) is 0 Å². The third-order valence-electron chi connectivity index (χ3n) is 6.78. The average molecular weight is 521 g/mol. The van der Waals surface area contributed by atoms with E-state index in [1.807, 2.05) is 13.0 Å². The van der Waals surface area contributed by atoms with E-state index in [-0.39, 0.29) is 0 Å². The molecule has 37 heavy (non-hydrogen) atoms. The topological polar surface area (TPSA) is 31.4 Å². The van der Waals surface area contributed by atoms with Gasteiger partial charge in [-0.1, -0.05) is 63.4 Å². The first-order valence-corrected chi connectivity index (χ1v) is 14.0. The van der Waals surface area contributed by atoms with E-state index in [9.17, 15) is 0 Å². The third-order valence-corrected chi connectivity index (χ3v) is 6.78. The molecule has 0 bridgehead atoms. The van der Waals surface area contributed by atoms with Gasteiger partial charge in [-0.3, -0.25) is 0 Å². The van der Waals surface area contributed by atoms with Crippen molar-refractivity contribution in [2.45, 2.75) is 39.5 Å². The van der Waals surface area contributed by atoms with Crippen molar-refractivity contribution >= 4 is 34.2 Å². The lowest BCUT2D eigenvalue weighted by molar-refractivity contribution is 0.182. The summed E-state index contributed by atoms with van der Waals surface area (Å²) in [7, 11) is 2.19. The summed E-state index contributed by atoms with van der Waals surface area (Å²) in [5.74, 6) is 0. The Morgan fingerprint density at radius 2 is 1.84 bits per heavy atom. The molecule has 0 saturated carbocycles. The van der Waals surface area contributed by atoms with Gasteiger partial charge in [-0.05, 0) is 68.2 Å². The number of benzene rings is 1. The molecule has 0 spiro atoms. The lowest BCUT2D eigenvalue weighted by atomic mass is 10.0. The SMILES string of the molecule is C=C(CCCC)N1CCN(C)CC1.C=Cc1ccc2ccc(C(/C=C3/CCNC3=C)=C/C)nc2c1.CCl. The predicted molar refractivity (Wildman–Crippen MR) is 165 cm³/mol. The van der Waals surface area contributed by atoms with Crippen LogP contribution in [0.2, 0.25) is 0 Å². The van der Waals surface area contributed by atoms with Crippen LogP contribution in [0.5, 0.6) is 0 Å². The first-order chi connectivity index (χ1) is 17.9. The van der Waals surface area contributed by atoms with Gasteiger partial charge in [-0.2, -0.15) is 0 Å². The molecule has 1 aromatic heterocycles. The van der Waals surface area contributed by atoms with Gasteiger partial charge in [0, 0.05) is 55.9 Å². The second-order valence-electron chi connectivity index (χ2n) is 9.38. The van der Waals surface area contributed by atoms with E-state index in [4.69, 9.17) is 4.98 Å². The minimum atomic E-state index is 0.968. The molecular formula is C32H45ClN4. The van der Waals surface area contributed by atoms with Crippen LogP contribution in [0.4, 0.5) is 0 Å². The number of pyridine rings is 1. The van der Waals surface area contributed by atoms with E-state index in [2.05, 4.69) is 103 Å². The number of fused-ring (bicyclic) bond motifs is 1. The summed E-state index contributed by atoms with van der Waals surface area (Å²) >= 11 is 4.64. The van der Waals surface area contributed by atoms with Crippen molar-refractivity contribution in [3.63, 3.8) is 0 Å². The summed E-state index contributed by atoms with van der Waals surface area (Å²) in [6.07, 6.45) is 12.4. The summed E-state index contributed by atoms with van der Waals surface area (Å²) in [6.45, 7) is 22.0. The normalized spacial score (nSPS) is 17.0. The number of unbranched alkanes of at least 4 members (excludes halogenated alkanes) is 1. The molecule has 0 aliphatic carbocycles. The van der Waals surface area contributed by atoms with Crippen molar-refractivity contribution in [2.75, 3.05) is 46.2 Å². The summed E-state index contributed by atoms with van der Waals surface area (Å²) in [4.78, 5) is 9.63. The number of hydrogen-bond donors (Lipinski definition) is 1. The Bertz CT molecular complexity index is 1110. The van der Waals surface area contributed by atoms with Crippen molar-refractivity contribution in [3.05, 3.63) is 90.4 Å². The Kier molecular flexibility index (Phi) is 13.2. The van der Waals surface area contributed by atoms with Gasteiger partial charge in [0.25, 0.3) is 0 Å². The number of nitrogens with one attached hydrogen (secondary N) is 1. The second kappa shape index (κ2) is 16.1. The third kappa shape index (κ3) is 9.21. The number of allylic oxidation sites excluding steroid dienone is 5. The molecular weight excluding hydrogens is 476 g/mol. The number of halogens is 1. The number of rotatable bonds is 7. The minimum Gasteiger partial charge on any atom is -0.385 e. The first-order valence-electron chi connectivity index (χ1n) is 13.3. The molecule has 200 valence electrons. The average Bonchev–Trinajstić information content (AvgIpc) is 3.35. The number of nitrogens with zero attached hydrogens (tertiary/aromatic N) is 3. The summed E-state index contributed by atoms with van der Waals surface area (Å²) in [6, 6.07) is 10.4. The standard InChI is InChI=1S/C20H20N2.C11H22N2.CH3Cl/c1-4-15-6-7-17-8-9-19(22-20(17)12-15)16(5-2)13-18-10-11-21-14(18)3;1-4-5-6-11(2)13-9-7-12(3)8-10-13;1-2/h4-9,12-13,21H,1,3,10-11H2,2H3;2,4-10H2,1,3H3;1H3/b16-5+,18-13-;;. The van der Waals surface area contributed by atoms with Gasteiger partial charge in [-0.25, -0.2) is 4.98 Å². The number of alkyl halides is 1. The van der Waals surface area contributed by atoms with Gasteiger partial charge < -0.3 is 15.1 Å². The van der Waals surface area contributed by atoms with E-state index < -0.39 is 0 Å². The smallest absolute Gasteiger partial charge is 0.0715 e. The Balaban J connectivity index is 0.000000275. The van der Waals surface area contributed by atoms with E-state index in [1.165, 1.54) is 63.1 Å². The monoisotopic (exact) mass is 520 g/mol. The first kappa shape index (κ1) is 30.4. The summed E-state index contributed by atoms with van der Waals surface area (Å²) in [5.41, 5.74) is 7.83. The highest BCUT2D eigenvalue weighted by atomic mass is 35.5. The molecule has 0 unspecified atom stereocenters. The number of piperazine rings is 1. The summed E-state index contributed by atoms with van der Waals surface area (Å²) in [5, 5.41) is 4.42. The van der Waals surface area contributed by atoms with Crippen LogP contribution in [0.25, 0.3) is 22.6 Å². The number of aromatic nitrogens is 1. The lowest BCUT2D eigenvalue weighted by Crippen LogP contribution is -2.43. The zero-order valence-corrected chi connectivity index (χ0v) is 24.1. The van der Waals surface area contributed by atoms with Crippen LogP contribution in [0.1, 0.15) is 50.8 Å². The van der Waals surface area contributed by atoms with Crippen molar-refractivity contribution in [3.8, 4) is 0 Å². The van der Waals surface area contributed by atoms with Crippen LogP contribution in [-0.4, -0.2) is 60.9 Å². The molecule has 2 aliphatic heterocycles. The Hall–Kier alpha value is -2.82. The van der Waals surface area contributed by atoms with Crippen LogP contribution in [0.15, 0.2) is 79.2 Å². The van der Waals surface area contributed by atoms with Gasteiger partial charge in [0.1, 0.15) is 0 Å². The molecule has 1 aromatic carbocycles. The van der Waals surface area contributed by atoms with Crippen LogP contribution in [-0.2, 0) is 0 Å². The molecule has 2 fully saturated rings. The maximum Gasteiger partial charge on any atom is 0.0715 e. The second-order valence-corrected chi connectivity index (χ2v) is 9.38. The molecule has 4 nitrogen and oxygen atoms in total. The molecule has 1 N–H and O–H groups in total. The van der Waals surface area contributed by atoms with Gasteiger partial charge in [0.15, 0.2) is 0 Å². The molecule has 3 heterocycles. The molecule has 5 heteroatoms. The molecule has 2 saturated heterocycles. The molecule has 2 aliphatic rings. The minimum absolute atomic E-state index is 0.968. The zero-order valence-electron chi connectivity index (χ0n) is 23.3. The van der Waals surface area contributed by atoms with Crippen molar-refractivity contribution in [1.29, 1.82) is 0 Å². The highest BCUT2D eigenvalue weighted by Crippen LogP contribution is 2.25. The maximum absolute atomic E-state index is 4.81. The fourth-order valence-electron chi connectivity index (χ4n) is 4.35. The van der Waals surface area contributed by atoms with Crippen molar-refractivity contribution < 1.29 is 0 Å². The highest BCUT2D eigenvalue weighted by molar-refractivity contribution is 6.15. The van der Waals surface area contributed by atoms with Crippen molar-refractivity contribution in [1.82, 2.24) is 20.1 Å². The molecule has 0 radical (unpaired) electrons. The van der Waals surface area contributed by atoms with Gasteiger partial charge in [-0.15, -0.1) is 11.6 Å². The van der Waals surface area contributed by atoms with Crippen molar-refractivity contribution in [2.24, 2.45) is 0 Å². The van der Waals surface area contributed by atoms with Gasteiger partial charge in [0.2, 0.25) is 0 Å².